The third kappa shape index (κ3) is 1.87. The first-order chi connectivity index (χ1) is 9.74. The number of aliphatic hydroxyl groups is 2. The summed E-state index contributed by atoms with van der Waals surface area (Å²) in [5.41, 5.74) is 0.821. The fourth-order valence-electron chi connectivity index (χ4n) is 3.02. The van der Waals surface area contributed by atoms with E-state index in [9.17, 15) is 10.2 Å². The Balaban J connectivity index is 1.74. The number of rotatable bonds is 3. The van der Waals surface area contributed by atoms with Crippen molar-refractivity contribution >= 4 is 16.9 Å². The van der Waals surface area contributed by atoms with E-state index < -0.39 is 12.2 Å². The van der Waals surface area contributed by atoms with Gasteiger partial charge in [0.1, 0.15) is 23.9 Å². The highest BCUT2D eigenvalue weighted by molar-refractivity contribution is 5.87. The summed E-state index contributed by atoms with van der Waals surface area (Å²) in [6.45, 7) is 0. The normalized spacial score (nSPS) is 30.0. The lowest BCUT2D eigenvalue weighted by Gasteiger charge is -2.19. The molecule has 3 N–H and O–H groups in total. The molecule has 0 saturated heterocycles. The fraction of sp³-hybridized carbons (Fsp3) is 0.571. The van der Waals surface area contributed by atoms with Crippen molar-refractivity contribution in [3.05, 3.63) is 18.6 Å². The van der Waals surface area contributed by atoms with Gasteiger partial charge in [0.25, 0.3) is 0 Å². The van der Waals surface area contributed by atoms with Gasteiger partial charge in [0.05, 0.1) is 17.5 Å². The first-order valence-electron chi connectivity index (χ1n) is 7.18. The molecule has 2 saturated carbocycles. The van der Waals surface area contributed by atoms with Crippen LogP contribution in [0.4, 0.5) is 5.82 Å². The average Bonchev–Trinajstić information content (AvgIpc) is 3.07. The number of aliphatic hydroxyl groups excluding tert-OH is 2. The van der Waals surface area contributed by atoms with E-state index >= 15 is 0 Å². The minimum absolute atomic E-state index is 0.105. The van der Waals surface area contributed by atoms with Crippen LogP contribution in [0.25, 0.3) is 11.0 Å². The zero-order chi connectivity index (χ0) is 13.7. The van der Waals surface area contributed by atoms with E-state index in [-0.39, 0.29) is 6.04 Å². The quantitative estimate of drug-likeness (QED) is 0.779. The second-order valence-corrected chi connectivity index (χ2v) is 5.80. The highest BCUT2D eigenvalue weighted by Crippen LogP contribution is 2.34. The molecule has 2 aliphatic rings. The summed E-state index contributed by atoms with van der Waals surface area (Å²) in [5, 5.41) is 24.2. The Labute approximate surface area is 116 Å². The van der Waals surface area contributed by atoms with Crippen LogP contribution in [0.1, 0.15) is 31.7 Å². The van der Waals surface area contributed by atoms with Gasteiger partial charge < -0.3 is 20.1 Å². The van der Waals surface area contributed by atoms with Crippen LogP contribution in [-0.2, 0) is 0 Å². The van der Waals surface area contributed by atoms with Gasteiger partial charge in [-0.1, -0.05) is 0 Å². The number of nitrogens with zero attached hydrogens (tertiary/aromatic N) is 3. The summed E-state index contributed by atoms with van der Waals surface area (Å²) in [6, 6.07) is 2.42. The summed E-state index contributed by atoms with van der Waals surface area (Å²) in [7, 11) is 0. The van der Waals surface area contributed by atoms with Gasteiger partial charge in [-0.05, 0) is 31.7 Å². The van der Waals surface area contributed by atoms with Crippen LogP contribution in [0.15, 0.2) is 18.6 Å². The summed E-state index contributed by atoms with van der Waals surface area (Å²) in [6.07, 6.45) is 5.92. The van der Waals surface area contributed by atoms with Gasteiger partial charge in [-0.15, -0.1) is 0 Å². The number of anilines is 1. The van der Waals surface area contributed by atoms with Gasteiger partial charge in [-0.3, -0.25) is 0 Å². The third-order valence-corrected chi connectivity index (χ3v) is 4.33. The molecule has 6 heteroatoms. The van der Waals surface area contributed by atoms with Gasteiger partial charge in [0, 0.05) is 12.2 Å². The van der Waals surface area contributed by atoms with Crippen molar-refractivity contribution in [2.24, 2.45) is 0 Å². The first kappa shape index (κ1) is 12.1. The van der Waals surface area contributed by atoms with Crippen LogP contribution in [0, 0.1) is 0 Å². The second-order valence-electron chi connectivity index (χ2n) is 5.80. The van der Waals surface area contributed by atoms with E-state index in [2.05, 4.69) is 15.3 Å². The Morgan fingerprint density at radius 2 is 2.00 bits per heavy atom. The number of aromatic nitrogens is 3. The van der Waals surface area contributed by atoms with Gasteiger partial charge in [-0.25, -0.2) is 9.97 Å². The number of fused-ring (bicyclic) bond motifs is 1. The first-order valence-corrected chi connectivity index (χ1v) is 7.18. The lowest BCUT2D eigenvalue weighted by molar-refractivity contribution is 0.0242. The van der Waals surface area contributed by atoms with Crippen molar-refractivity contribution in [1.29, 1.82) is 0 Å². The molecular formula is C14H18N4O2. The van der Waals surface area contributed by atoms with E-state index in [1.807, 2.05) is 16.8 Å². The van der Waals surface area contributed by atoms with Crippen molar-refractivity contribution in [3.63, 3.8) is 0 Å². The zero-order valence-corrected chi connectivity index (χ0v) is 11.1. The van der Waals surface area contributed by atoms with Gasteiger partial charge >= 0.3 is 0 Å². The van der Waals surface area contributed by atoms with E-state index in [4.69, 9.17) is 0 Å². The van der Waals surface area contributed by atoms with E-state index in [1.165, 1.54) is 12.8 Å². The molecule has 20 heavy (non-hydrogen) atoms. The molecule has 4 rings (SSSR count). The fourth-order valence-corrected chi connectivity index (χ4v) is 3.02. The van der Waals surface area contributed by atoms with Crippen LogP contribution in [0.2, 0.25) is 0 Å². The van der Waals surface area contributed by atoms with Crippen LogP contribution >= 0.6 is 0 Å². The number of nitrogens with one attached hydrogen (secondary N) is 1. The van der Waals surface area contributed by atoms with Crippen molar-refractivity contribution in [3.8, 4) is 0 Å². The molecule has 2 fully saturated rings. The Bertz CT molecular complexity index is 637. The lowest BCUT2D eigenvalue weighted by atomic mass is 10.2. The van der Waals surface area contributed by atoms with Crippen molar-refractivity contribution < 1.29 is 10.2 Å². The summed E-state index contributed by atoms with van der Waals surface area (Å²) in [4.78, 5) is 8.67. The molecule has 2 aromatic rings. The third-order valence-electron chi connectivity index (χ3n) is 4.33. The maximum atomic E-state index is 10.1. The lowest BCUT2D eigenvalue weighted by Crippen LogP contribution is -2.26. The molecule has 0 amide bonds. The minimum Gasteiger partial charge on any atom is -0.390 e. The Morgan fingerprint density at radius 1 is 1.15 bits per heavy atom. The molecule has 0 spiro atoms. The largest absolute Gasteiger partial charge is 0.390 e. The zero-order valence-electron chi connectivity index (χ0n) is 11.1. The predicted octanol–water partition coefficient (Wildman–Crippen LogP) is 1.06. The Kier molecular flexibility index (Phi) is 2.68. The average molecular weight is 274 g/mol. The summed E-state index contributed by atoms with van der Waals surface area (Å²) in [5.74, 6) is 0.865. The molecule has 3 atom stereocenters. The van der Waals surface area contributed by atoms with Gasteiger partial charge in [0.2, 0.25) is 0 Å². The Hall–Kier alpha value is -1.66. The molecule has 6 nitrogen and oxygen atoms in total. The van der Waals surface area contributed by atoms with Crippen LogP contribution < -0.4 is 5.32 Å². The van der Waals surface area contributed by atoms with Gasteiger partial charge in [0.15, 0.2) is 0 Å². The van der Waals surface area contributed by atoms with E-state index in [0.29, 0.717) is 12.5 Å². The minimum atomic E-state index is -0.722. The standard InChI is InChI=1S/C14H18N4O2/c19-11-4-3-10(12(11)20)18-6-5-9-13(17-8-1-2-8)15-7-16-14(9)18/h5-8,10-12,19-20H,1-4H2,(H,15,16,17). The van der Waals surface area contributed by atoms with Crippen molar-refractivity contribution in [2.45, 2.75) is 50.0 Å². The monoisotopic (exact) mass is 274 g/mol. The molecule has 0 radical (unpaired) electrons. The smallest absolute Gasteiger partial charge is 0.145 e. The molecule has 0 bridgehead atoms. The molecule has 0 aromatic carbocycles. The number of hydrogen-bond acceptors (Lipinski definition) is 5. The number of hydrogen-bond donors (Lipinski definition) is 3. The highest BCUT2D eigenvalue weighted by Gasteiger charge is 2.35. The van der Waals surface area contributed by atoms with E-state index in [1.54, 1.807) is 6.33 Å². The predicted molar refractivity (Wildman–Crippen MR) is 74.5 cm³/mol. The van der Waals surface area contributed by atoms with Gasteiger partial charge in [-0.2, -0.15) is 0 Å². The molecule has 0 aliphatic heterocycles. The second kappa shape index (κ2) is 4.43. The van der Waals surface area contributed by atoms with Crippen molar-refractivity contribution in [1.82, 2.24) is 14.5 Å². The summed E-state index contributed by atoms with van der Waals surface area (Å²) >= 11 is 0. The van der Waals surface area contributed by atoms with Crippen LogP contribution in [0.5, 0.6) is 0 Å². The molecule has 3 unspecified atom stereocenters. The van der Waals surface area contributed by atoms with Crippen LogP contribution in [0.3, 0.4) is 0 Å². The molecule has 2 heterocycles. The molecule has 2 aliphatic carbocycles. The maximum Gasteiger partial charge on any atom is 0.145 e. The summed E-state index contributed by atoms with van der Waals surface area (Å²) < 4.78 is 1.97. The molecule has 2 aromatic heterocycles. The van der Waals surface area contributed by atoms with E-state index in [0.717, 1.165) is 23.3 Å². The van der Waals surface area contributed by atoms with Crippen LogP contribution in [-0.4, -0.2) is 43.0 Å². The van der Waals surface area contributed by atoms with Crippen molar-refractivity contribution in [2.75, 3.05) is 5.32 Å². The molecule has 106 valence electrons. The highest BCUT2D eigenvalue weighted by atomic mass is 16.3. The SMILES string of the molecule is OC1CCC(n2ccc3c(NC4CC4)ncnc32)C1O. The topological polar surface area (TPSA) is 83.2 Å². The molecular weight excluding hydrogens is 256 g/mol. The maximum absolute atomic E-state index is 10.1. The Morgan fingerprint density at radius 3 is 2.70 bits per heavy atom.